The van der Waals surface area contributed by atoms with Crippen LogP contribution in [0.1, 0.15) is 316 Å². The summed E-state index contributed by atoms with van der Waals surface area (Å²) in [5, 5.41) is 76.3. The summed E-state index contributed by atoms with van der Waals surface area (Å²) in [6, 6.07) is -1.19. The summed E-state index contributed by atoms with van der Waals surface area (Å²) in [6.07, 6.45) is 55.4. The molecule has 0 radical (unpaired) electrons. The molecule has 0 saturated carbocycles. The zero-order valence-electron chi connectivity index (χ0n) is 49.5. The largest absolute Gasteiger partial charge is 0.394 e. The Kier molecular flexibility index (Phi) is 51.8. The number of ether oxygens (including phenoxy) is 2. The van der Waals surface area contributed by atoms with E-state index in [1.165, 1.54) is 218 Å². The Labute approximate surface area is 467 Å². The van der Waals surface area contributed by atoms with E-state index in [-0.39, 0.29) is 12.8 Å². The quantitative estimate of drug-likeness (QED) is 0.0215. The first-order valence-electron chi connectivity index (χ1n) is 32.7. The van der Waals surface area contributed by atoms with Gasteiger partial charge in [0.2, 0.25) is 5.91 Å². The lowest BCUT2D eigenvalue weighted by Crippen LogP contribution is -2.60. The van der Waals surface area contributed by atoms with Crippen molar-refractivity contribution in [1.29, 1.82) is 0 Å². The predicted octanol–water partition coefficient (Wildman–Crippen LogP) is 14.9. The number of unbranched alkanes of at least 4 members (excludes halogenated alkanes) is 41. The Balaban J connectivity index is 2.26. The summed E-state index contributed by atoms with van der Waals surface area (Å²) in [5.41, 5.74) is 0. The Morgan fingerprint density at radius 3 is 1.13 bits per heavy atom. The third-order valence-electron chi connectivity index (χ3n) is 16.0. The molecule has 11 nitrogen and oxygen atoms in total. The molecule has 1 fully saturated rings. The smallest absolute Gasteiger partial charge is 0.249 e. The number of carbonyl (C=O) groups excluding carboxylic acids is 1. The van der Waals surface area contributed by atoms with Gasteiger partial charge in [0.25, 0.3) is 0 Å². The highest BCUT2D eigenvalue weighted by atomic mass is 16.7. The third-order valence-corrected chi connectivity index (χ3v) is 16.0. The molecule has 76 heavy (non-hydrogen) atoms. The topological polar surface area (TPSA) is 189 Å². The van der Waals surface area contributed by atoms with Crippen molar-refractivity contribution >= 4 is 5.91 Å². The van der Waals surface area contributed by atoms with Crippen LogP contribution in [0.5, 0.6) is 0 Å². The van der Waals surface area contributed by atoms with E-state index in [0.717, 1.165) is 57.8 Å². The van der Waals surface area contributed by atoms with E-state index >= 15 is 0 Å². The SMILES string of the molecule is CCCCCCCCCCCCC/C=C\CCCCCCCCC(O)C(=O)NC(COC1OC(CO)C(O)C(O)C1O)C(O)C(O)CCC/C=C/CCCCCCCCCCCCCCCCCCCCCCCCC. The summed E-state index contributed by atoms with van der Waals surface area (Å²) in [5.74, 6) is -0.706. The Morgan fingerprint density at radius 1 is 0.447 bits per heavy atom. The highest BCUT2D eigenvalue weighted by Gasteiger charge is 2.44. The normalized spacial score (nSPS) is 19.7. The minimum Gasteiger partial charge on any atom is -0.394 e. The van der Waals surface area contributed by atoms with Crippen molar-refractivity contribution in [1.82, 2.24) is 5.32 Å². The van der Waals surface area contributed by atoms with Gasteiger partial charge >= 0.3 is 0 Å². The summed E-state index contributed by atoms with van der Waals surface area (Å²) < 4.78 is 11.2. The highest BCUT2D eigenvalue weighted by Crippen LogP contribution is 2.24. The van der Waals surface area contributed by atoms with E-state index in [1.54, 1.807) is 0 Å². The van der Waals surface area contributed by atoms with Gasteiger partial charge in [-0.2, -0.15) is 0 Å². The molecule has 1 aliphatic heterocycles. The summed E-state index contributed by atoms with van der Waals surface area (Å²) >= 11 is 0. The maximum Gasteiger partial charge on any atom is 0.249 e. The van der Waals surface area contributed by atoms with Gasteiger partial charge in [-0.1, -0.05) is 276 Å². The maximum absolute atomic E-state index is 13.2. The lowest BCUT2D eigenvalue weighted by atomic mass is 9.98. The molecule has 0 bridgehead atoms. The Bertz CT molecular complexity index is 1280. The molecular weight excluding hydrogens is 955 g/mol. The first-order valence-corrected chi connectivity index (χ1v) is 32.7. The van der Waals surface area contributed by atoms with Crippen LogP contribution < -0.4 is 5.32 Å². The molecule has 450 valence electrons. The van der Waals surface area contributed by atoms with Crippen LogP contribution in [0.15, 0.2) is 24.3 Å². The summed E-state index contributed by atoms with van der Waals surface area (Å²) in [4.78, 5) is 13.2. The monoisotopic (exact) mass is 1080 g/mol. The molecule has 1 saturated heterocycles. The lowest BCUT2D eigenvalue weighted by molar-refractivity contribution is -0.303. The molecule has 0 spiro atoms. The molecule has 9 atom stereocenters. The number of rotatable bonds is 57. The van der Waals surface area contributed by atoms with E-state index in [0.29, 0.717) is 12.8 Å². The maximum atomic E-state index is 13.2. The van der Waals surface area contributed by atoms with Crippen LogP contribution in [0.25, 0.3) is 0 Å². The van der Waals surface area contributed by atoms with Gasteiger partial charge in [0.05, 0.1) is 25.4 Å². The number of allylic oxidation sites excluding steroid dienone is 4. The Morgan fingerprint density at radius 2 is 0.776 bits per heavy atom. The minimum absolute atomic E-state index is 0.249. The predicted molar refractivity (Wildman–Crippen MR) is 316 cm³/mol. The second kappa shape index (κ2) is 54.2. The van der Waals surface area contributed by atoms with Gasteiger partial charge < -0.3 is 50.5 Å². The molecule has 8 N–H and O–H groups in total. The van der Waals surface area contributed by atoms with Crippen LogP contribution in [0, 0.1) is 0 Å². The highest BCUT2D eigenvalue weighted by molar-refractivity contribution is 5.80. The van der Waals surface area contributed by atoms with E-state index < -0.39 is 74.2 Å². The van der Waals surface area contributed by atoms with E-state index in [9.17, 15) is 40.5 Å². The molecule has 0 aromatic rings. The van der Waals surface area contributed by atoms with Gasteiger partial charge in [-0.3, -0.25) is 4.79 Å². The van der Waals surface area contributed by atoms with Crippen molar-refractivity contribution in [3.8, 4) is 0 Å². The number of hydrogen-bond donors (Lipinski definition) is 8. The second-order valence-electron chi connectivity index (χ2n) is 23.2. The van der Waals surface area contributed by atoms with Crippen molar-refractivity contribution in [2.45, 2.75) is 371 Å². The summed E-state index contributed by atoms with van der Waals surface area (Å²) in [7, 11) is 0. The van der Waals surface area contributed by atoms with Gasteiger partial charge in [0.15, 0.2) is 6.29 Å². The Hall–Kier alpha value is -1.41. The molecule has 1 rings (SSSR count). The molecule has 11 heteroatoms. The van der Waals surface area contributed by atoms with Gasteiger partial charge in [-0.15, -0.1) is 0 Å². The standard InChI is InChI=1S/C65H125NO10/c1-3-5-7-9-11-13-15-17-19-21-23-25-26-27-28-29-30-31-33-34-36-38-40-42-44-46-48-50-52-57(68)60(70)56(55-75-65-63(73)62(72)61(71)59(54-67)76-65)66-64(74)58(69)53-51-49-47-45-43-41-39-37-35-32-24-22-20-18-16-14-12-10-8-6-4-2/h35,37,44,46,56-63,65,67-73H,3-34,36,38-43,45,47-55H2,1-2H3,(H,66,74)/b37-35-,46-44+. The van der Waals surface area contributed by atoms with Gasteiger partial charge in [0, 0.05) is 0 Å². The van der Waals surface area contributed by atoms with Crippen LogP contribution in [0.3, 0.4) is 0 Å². The average Bonchev–Trinajstić information content (AvgIpc) is 3.42. The van der Waals surface area contributed by atoms with E-state index in [2.05, 4.69) is 43.5 Å². The minimum atomic E-state index is -1.67. The molecule has 0 aliphatic carbocycles. The number of aliphatic hydroxyl groups is 7. The van der Waals surface area contributed by atoms with Crippen LogP contribution in [0.4, 0.5) is 0 Å². The molecule has 0 aromatic carbocycles. The van der Waals surface area contributed by atoms with Crippen molar-refractivity contribution in [2.24, 2.45) is 0 Å². The number of carbonyl (C=O) groups is 1. The molecule has 1 aliphatic rings. The second-order valence-corrected chi connectivity index (χ2v) is 23.2. The molecule has 1 amide bonds. The van der Waals surface area contributed by atoms with Crippen molar-refractivity contribution in [3.63, 3.8) is 0 Å². The number of hydrogen-bond acceptors (Lipinski definition) is 10. The van der Waals surface area contributed by atoms with Crippen LogP contribution in [-0.4, -0.2) is 110 Å². The first-order chi connectivity index (χ1) is 37.2. The number of aliphatic hydroxyl groups excluding tert-OH is 7. The fourth-order valence-electron chi connectivity index (χ4n) is 10.7. The molecule has 0 aromatic heterocycles. The molecular formula is C65H125NO10. The number of nitrogens with one attached hydrogen (secondary N) is 1. The van der Waals surface area contributed by atoms with Gasteiger partial charge in [-0.05, 0) is 64.2 Å². The molecule has 9 unspecified atom stereocenters. The van der Waals surface area contributed by atoms with E-state index in [1.807, 2.05) is 0 Å². The van der Waals surface area contributed by atoms with Crippen LogP contribution in [0.2, 0.25) is 0 Å². The van der Waals surface area contributed by atoms with E-state index in [4.69, 9.17) is 9.47 Å². The van der Waals surface area contributed by atoms with Crippen molar-refractivity contribution in [2.75, 3.05) is 13.2 Å². The van der Waals surface area contributed by atoms with Gasteiger partial charge in [-0.25, -0.2) is 0 Å². The van der Waals surface area contributed by atoms with Crippen LogP contribution >= 0.6 is 0 Å². The lowest BCUT2D eigenvalue weighted by Gasteiger charge is -2.40. The zero-order chi connectivity index (χ0) is 55.4. The fourth-order valence-corrected chi connectivity index (χ4v) is 10.7. The van der Waals surface area contributed by atoms with Crippen LogP contribution in [-0.2, 0) is 14.3 Å². The van der Waals surface area contributed by atoms with Gasteiger partial charge in [0.1, 0.15) is 36.6 Å². The zero-order valence-corrected chi connectivity index (χ0v) is 49.5. The fraction of sp³-hybridized carbons (Fsp3) is 0.923. The average molecular weight is 1080 g/mol. The number of amides is 1. The van der Waals surface area contributed by atoms with Crippen molar-refractivity contribution in [3.05, 3.63) is 24.3 Å². The third kappa shape index (κ3) is 41.6. The summed E-state index contributed by atoms with van der Waals surface area (Å²) in [6.45, 7) is 3.49. The molecule has 1 heterocycles. The first kappa shape index (κ1) is 72.6. The van der Waals surface area contributed by atoms with Crippen molar-refractivity contribution < 1.29 is 50.0 Å².